The second-order valence-electron chi connectivity index (χ2n) is 5.16. The fraction of sp³-hybridized carbons (Fsp3) is 0.467. The number of H-pyrrole nitrogens is 1. The Morgan fingerprint density at radius 2 is 2.23 bits per heavy atom. The van der Waals surface area contributed by atoms with Gasteiger partial charge in [-0.1, -0.05) is 12.1 Å². The lowest BCUT2D eigenvalue weighted by molar-refractivity contribution is 0.241. The number of aromatic amines is 1. The average Bonchev–Trinajstić information content (AvgIpc) is 2.96. The van der Waals surface area contributed by atoms with E-state index in [1.165, 1.54) is 11.5 Å². The second kappa shape index (κ2) is 7.78. The zero-order valence-corrected chi connectivity index (χ0v) is 13.9. The van der Waals surface area contributed by atoms with Gasteiger partial charge in [-0.05, 0) is 12.1 Å². The molecule has 5 nitrogen and oxygen atoms in total. The highest BCUT2D eigenvalue weighted by Crippen LogP contribution is 2.23. The lowest BCUT2D eigenvalue weighted by Crippen LogP contribution is -2.41. The Labute approximate surface area is 138 Å². The van der Waals surface area contributed by atoms with Crippen molar-refractivity contribution in [3.63, 3.8) is 0 Å². The number of fused-ring (bicyclic) bond motifs is 1. The summed E-state index contributed by atoms with van der Waals surface area (Å²) < 4.78 is 0. The van der Waals surface area contributed by atoms with Crippen molar-refractivity contribution in [3.8, 4) is 0 Å². The van der Waals surface area contributed by atoms with Crippen molar-refractivity contribution in [2.75, 3.05) is 30.3 Å². The molecule has 1 saturated heterocycles. The van der Waals surface area contributed by atoms with Crippen molar-refractivity contribution in [3.05, 3.63) is 30.1 Å². The summed E-state index contributed by atoms with van der Waals surface area (Å²) in [5.41, 5.74) is 2.00. The number of aromatic nitrogens is 2. The summed E-state index contributed by atoms with van der Waals surface area (Å²) in [7, 11) is 0. The third-order valence-corrected chi connectivity index (χ3v) is 6.31. The molecule has 3 rings (SSSR count). The molecule has 0 bridgehead atoms. The number of rotatable bonds is 5. The number of carbonyl (C=O) groups excluding carboxylic acids is 1. The van der Waals surface area contributed by atoms with E-state index in [0.717, 1.165) is 29.2 Å². The van der Waals surface area contributed by atoms with E-state index in [1.807, 2.05) is 47.8 Å². The van der Waals surface area contributed by atoms with Crippen molar-refractivity contribution >= 4 is 40.6 Å². The number of hydrogen-bond donors (Lipinski definition) is 3. The summed E-state index contributed by atoms with van der Waals surface area (Å²) in [6.45, 7) is 1.33. The predicted molar refractivity (Wildman–Crippen MR) is 94.8 cm³/mol. The quantitative estimate of drug-likeness (QED) is 0.783. The number of urea groups is 1. The fourth-order valence-corrected chi connectivity index (χ4v) is 4.95. The summed E-state index contributed by atoms with van der Waals surface area (Å²) >= 11 is 3.92. The van der Waals surface area contributed by atoms with E-state index >= 15 is 0 Å². The Bertz CT molecular complexity index is 592. The maximum atomic E-state index is 11.8. The van der Waals surface area contributed by atoms with E-state index in [0.29, 0.717) is 18.2 Å². The van der Waals surface area contributed by atoms with Gasteiger partial charge in [0, 0.05) is 42.0 Å². The van der Waals surface area contributed by atoms with Gasteiger partial charge < -0.3 is 15.6 Å². The third-order valence-electron chi connectivity index (χ3n) is 3.46. The number of amides is 2. The minimum Gasteiger partial charge on any atom is -0.342 e. The highest BCUT2D eigenvalue weighted by molar-refractivity contribution is 8.06. The molecule has 1 fully saturated rings. The van der Waals surface area contributed by atoms with E-state index in [9.17, 15) is 4.79 Å². The van der Waals surface area contributed by atoms with Crippen molar-refractivity contribution in [2.45, 2.75) is 11.7 Å². The molecule has 0 radical (unpaired) electrons. The van der Waals surface area contributed by atoms with Crippen molar-refractivity contribution < 1.29 is 4.79 Å². The van der Waals surface area contributed by atoms with Crippen LogP contribution in [0.1, 0.15) is 5.82 Å². The molecule has 118 valence electrons. The molecule has 1 unspecified atom stereocenters. The summed E-state index contributed by atoms with van der Waals surface area (Å²) in [6.07, 6.45) is 0.704. The van der Waals surface area contributed by atoms with Crippen LogP contribution in [0.2, 0.25) is 0 Å². The van der Waals surface area contributed by atoms with Crippen LogP contribution in [0, 0.1) is 0 Å². The van der Waals surface area contributed by atoms with Gasteiger partial charge in [-0.2, -0.15) is 23.5 Å². The van der Waals surface area contributed by atoms with Crippen LogP contribution in [-0.4, -0.2) is 51.6 Å². The number of hydrogen-bond acceptors (Lipinski definition) is 4. The number of imidazole rings is 1. The van der Waals surface area contributed by atoms with Gasteiger partial charge in [0.2, 0.25) is 0 Å². The van der Waals surface area contributed by atoms with Gasteiger partial charge in [0.1, 0.15) is 5.82 Å². The smallest absolute Gasteiger partial charge is 0.314 e. The van der Waals surface area contributed by atoms with Gasteiger partial charge in [0.15, 0.2) is 0 Å². The predicted octanol–water partition coefficient (Wildman–Crippen LogP) is 2.25. The zero-order valence-electron chi connectivity index (χ0n) is 12.3. The number of nitrogens with zero attached hydrogens (tertiary/aromatic N) is 1. The minimum atomic E-state index is -0.0905. The molecule has 2 aromatic rings. The molecule has 2 amide bonds. The molecule has 1 aromatic carbocycles. The van der Waals surface area contributed by atoms with Crippen LogP contribution in [0.5, 0.6) is 0 Å². The molecule has 1 aliphatic heterocycles. The Balaban J connectivity index is 1.37. The molecule has 1 aromatic heterocycles. The van der Waals surface area contributed by atoms with Gasteiger partial charge in [0.25, 0.3) is 0 Å². The van der Waals surface area contributed by atoms with Gasteiger partial charge in [-0.3, -0.25) is 0 Å². The Morgan fingerprint density at radius 1 is 1.32 bits per heavy atom. The van der Waals surface area contributed by atoms with Gasteiger partial charge in [0.05, 0.1) is 11.0 Å². The first-order chi connectivity index (χ1) is 10.8. The van der Waals surface area contributed by atoms with E-state index in [-0.39, 0.29) is 6.03 Å². The highest BCUT2D eigenvalue weighted by Gasteiger charge is 2.14. The first-order valence-electron chi connectivity index (χ1n) is 7.46. The Morgan fingerprint density at radius 3 is 3.05 bits per heavy atom. The third kappa shape index (κ3) is 4.33. The van der Waals surface area contributed by atoms with Crippen LogP contribution in [0.3, 0.4) is 0 Å². The highest BCUT2D eigenvalue weighted by atomic mass is 32.2. The van der Waals surface area contributed by atoms with Gasteiger partial charge in [-0.25, -0.2) is 9.78 Å². The molecule has 2 heterocycles. The molecular formula is C15H20N4OS2. The van der Waals surface area contributed by atoms with E-state index in [2.05, 4.69) is 20.6 Å². The molecular weight excluding hydrogens is 316 g/mol. The molecule has 0 spiro atoms. The maximum absolute atomic E-state index is 11.8. The van der Waals surface area contributed by atoms with Crippen molar-refractivity contribution in [2.24, 2.45) is 0 Å². The Kier molecular flexibility index (Phi) is 5.50. The van der Waals surface area contributed by atoms with Gasteiger partial charge >= 0.3 is 6.03 Å². The SMILES string of the molecule is O=C(NCCc1nc2ccccc2[nH]1)NCC1CSCCS1. The van der Waals surface area contributed by atoms with Gasteiger partial charge in [-0.15, -0.1) is 0 Å². The molecule has 22 heavy (non-hydrogen) atoms. The van der Waals surface area contributed by atoms with Crippen LogP contribution in [0.15, 0.2) is 24.3 Å². The van der Waals surface area contributed by atoms with Crippen LogP contribution in [0.25, 0.3) is 11.0 Å². The first kappa shape index (κ1) is 15.6. The molecule has 3 N–H and O–H groups in total. The summed E-state index contributed by atoms with van der Waals surface area (Å²) in [5.74, 6) is 4.44. The number of carbonyl (C=O) groups is 1. The monoisotopic (exact) mass is 336 g/mol. The number of benzene rings is 1. The second-order valence-corrected chi connectivity index (χ2v) is 7.71. The van der Waals surface area contributed by atoms with E-state index in [4.69, 9.17) is 0 Å². The molecule has 1 atom stereocenters. The number of nitrogens with one attached hydrogen (secondary N) is 3. The molecule has 7 heteroatoms. The van der Waals surface area contributed by atoms with Crippen LogP contribution < -0.4 is 10.6 Å². The number of para-hydroxylation sites is 2. The minimum absolute atomic E-state index is 0.0905. The molecule has 0 saturated carbocycles. The topological polar surface area (TPSA) is 69.8 Å². The molecule has 1 aliphatic rings. The molecule has 0 aliphatic carbocycles. The first-order valence-corrected chi connectivity index (χ1v) is 9.66. The maximum Gasteiger partial charge on any atom is 0.314 e. The summed E-state index contributed by atoms with van der Waals surface area (Å²) in [6, 6.07) is 7.85. The van der Waals surface area contributed by atoms with Crippen LogP contribution in [0.4, 0.5) is 4.79 Å². The normalized spacial score (nSPS) is 18.3. The van der Waals surface area contributed by atoms with E-state index in [1.54, 1.807) is 0 Å². The van der Waals surface area contributed by atoms with Crippen molar-refractivity contribution in [1.29, 1.82) is 0 Å². The van der Waals surface area contributed by atoms with Crippen LogP contribution in [-0.2, 0) is 6.42 Å². The van der Waals surface area contributed by atoms with Crippen LogP contribution >= 0.6 is 23.5 Å². The largest absolute Gasteiger partial charge is 0.342 e. The van der Waals surface area contributed by atoms with E-state index < -0.39 is 0 Å². The fourth-order valence-electron chi connectivity index (χ4n) is 2.34. The standard InChI is InChI=1S/C15H20N4OS2/c20-15(17-9-11-10-21-7-8-22-11)16-6-5-14-18-12-3-1-2-4-13(12)19-14/h1-4,11H,5-10H2,(H,18,19)(H2,16,17,20). The lowest BCUT2D eigenvalue weighted by atomic mass is 10.3. The Hall–Kier alpha value is -1.34. The zero-order chi connectivity index (χ0) is 15.2. The number of thioether (sulfide) groups is 2. The lowest BCUT2D eigenvalue weighted by Gasteiger charge is -2.21. The average molecular weight is 336 g/mol. The summed E-state index contributed by atoms with van der Waals surface area (Å²) in [5, 5.41) is 6.38. The summed E-state index contributed by atoms with van der Waals surface area (Å²) in [4.78, 5) is 19.5. The van der Waals surface area contributed by atoms with Crippen molar-refractivity contribution in [1.82, 2.24) is 20.6 Å².